The third kappa shape index (κ3) is 3.55. The van der Waals surface area contributed by atoms with Crippen molar-refractivity contribution >= 4 is 16.6 Å². The van der Waals surface area contributed by atoms with E-state index >= 15 is 0 Å². The van der Waals surface area contributed by atoms with Crippen LogP contribution in [0.3, 0.4) is 0 Å². The molecule has 2 unspecified atom stereocenters. The fourth-order valence-electron chi connectivity index (χ4n) is 1.88. The summed E-state index contributed by atoms with van der Waals surface area (Å²) in [6, 6.07) is 12.0. The zero-order valence-corrected chi connectivity index (χ0v) is 12.5. The highest BCUT2D eigenvalue weighted by molar-refractivity contribution is 7.86. The highest BCUT2D eigenvalue weighted by atomic mass is 32.2. The van der Waals surface area contributed by atoms with Crippen LogP contribution in [0.5, 0.6) is 5.75 Å². The quantitative estimate of drug-likeness (QED) is 0.797. The molecule has 0 aliphatic rings. The Balaban J connectivity index is 2.22. The number of hydrogen-bond acceptors (Lipinski definition) is 3. The van der Waals surface area contributed by atoms with Crippen molar-refractivity contribution in [3.63, 3.8) is 0 Å². The van der Waals surface area contributed by atoms with Crippen LogP contribution in [0.25, 0.3) is 0 Å². The molecule has 0 spiro atoms. The fourth-order valence-corrected chi connectivity index (χ4v) is 3.06. The molecular formula is C16H15FO3S. The molecule has 0 heterocycles. The molecule has 110 valence electrons. The minimum atomic E-state index is -1.50. The first-order chi connectivity index (χ1) is 10.0. The van der Waals surface area contributed by atoms with Crippen molar-refractivity contribution in [2.24, 2.45) is 0 Å². The number of ketones is 1. The van der Waals surface area contributed by atoms with Gasteiger partial charge in [-0.15, -0.1) is 0 Å². The molecule has 0 fully saturated rings. The molecule has 2 aromatic rings. The lowest BCUT2D eigenvalue weighted by Crippen LogP contribution is -2.22. The maximum atomic E-state index is 12.9. The lowest BCUT2D eigenvalue weighted by atomic mass is 10.1. The van der Waals surface area contributed by atoms with Gasteiger partial charge in [0.05, 0.1) is 23.2 Å². The predicted molar refractivity (Wildman–Crippen MR) is 79.6 cm³/mol. The molecule has 0 saturated heterocycles. The number of Topliss-reactive ketones (excluding diaryl/α,β-unsaturated/α-hetero) is 1. The Morgan fingerprint density at radius 2 is 1.86 bits per heavy atom. The standard InChI is InChI=1S/C16H15FO3S/c1-11(16(18)12-6-8-13(17)9-7-12)21(19)15-5-3-4-14(10-15)20-2/h3-11H,1-2H3. The van der Waals surface area contributed by atoms with Crippen LogP contribution >= 0.6 is 0 Å². The number of carbonyl (C=O) groups is 1. The number of halogens is 1. The van der Waals surface area contributed by atoms with E-state index in [1.807, 2.05) is 0 Å². The van der Waals surface area contributed by atoms with Gasteiger partial charge in [0.25, 0.3) is 0 Å². The molecule has 0 aliphatic carbocycles. The SMILES string of the molecule is COc1cccc(S(=O)C(C)C(=O)c2ccc(F)cc2)c1. The smallest absolute Gasteiger partial charge is 0.178 e. The van der Waals surface area contributed by atoms with E-state index in [0.717, 1.165) is 0 Å². The fraction of sp³-hybridized carbons (Fsp3) is 0.188. The van der Waals surface area contributed by atoms with Crippen LogP contribution in [0.4, 0.5) is 4.39 Å². The van der Waals surface area contributed by atoms with E-state index in [0.29, 0.717) is 16.2 Å². The third-order valence-electron chi connectivity index (χ3n) is 3.09. The van der Waals surface area contributed by atoms with Crippen molar-refractivity contribution in [1.82, 2.24) is 0 Å². The Morgan fingerprint density at radius 1 is 1.19 bits per heavy atom. The van der Waals surface area contributed by atoms with Crippen molar-refractivity contribution < 1.29 is 18.1 Å². The van der Waals surface area contributed by atoms with Crippen molar-refractivity contribution in [3.05, 3.63) is 59.9 Å². The van der Waals surface area contributed by atoms with E-state index in [1.165, 1.54) is 31.4 Å². The summed E-state index contributed by atoms with van der Waals surface area (Å²) >= 11 is 0. The average Bonchev–Trinajstić information content (AvgIpc) is 2.53. The maximum Gasteiger partial charge on any atom is 0.178 e. The Kier molecular flexibility index (Phi) is 4.85. The zero-order valence-electron chi connectivity index (χ0n) is 11.7. The normalized spacial score (nSPS) is 13.5. The van der Waals surface area contributed by atoms with Gasteiger partial charge in [-0.25, -0.2) is 4.39 Å². The van der Waals surface area contributed by atoms with Crippen LogP contribution in [-0.2, 0) is 10.8 Å². The number of ether oxygens (including phenoxy) is 1. The molecule has 21 heavy (non-hydrogen) atoms. The summed E-state index contributed by atoms with van der Waals surface area (Å²) in [7, 11) is 0.0237. The maximum absolute atomic E-state index is 12.9. The first kappa shape index (κ1) is 15.4. The Morgan fingerprint density at radius 3 is 2.48 bits per heavy atom. The van der Waals surface area contributed by atoms with Gasteiger partial charge in [0.15, 0.2) is 5.78 Å². The molecule has 0 N–H and O–H groups in total. The summed E-state index contributed by atoms with van der Waals surface area (Å²) in [6.45, 7) is 1.60. The minimum Gasteiger partial charge on any atom is -0.497 e. The summed E-state index contributed by atoms with van der Waals surface area (Å²) in [4.78, 5) is 12.8. The molecule has 0 bridgehead atoms. The van der Waals surface area contributed by atoms with Gasteiger partial charge < -0.3 is 4.74 Å². The van der Waals surface area contributed by atoms with Gasteiger partial charge in [0, 0.05) is 10.5 Å². The highest BCUT2D eigenvalue weighted by Gasteiger charge is 2.23. The summed E-state index contributed by atoms with van der Waals surface area (Å²) < 4.78 is 30.4. The molecule has 5 heteroatoms. The second kappa shape index (κ2) is 6.63. The summed E-state index contributed by atoms with van der Waals surface area (Å²) in [5.74, 6) is -0.105. The van der Waals surface area contributed by atoms with Crippen LogP contribution in [0.1, 0.15) is 17.3 Å². The van der Waals surface area contributed by atoms with E-state index in [1.54, 1.807) is 31.2 Å². The molecule has 3 nitrogen and oxygen atoms in total. The second-order valence-electron chi connectivity index (χ2n) is 4.49. The van der Waals surface area contributed by atoms with Crippen LogP contribution < -0.4 is 4.74 Å². The lowest BCUT2D eigenvalue weighted by molar-refractivity contribution is 0.0992. The molecule has 0 amide bonds. The summed E-state index contributed by atoms with van der Waals surface area (Å²) in [5, 5.41) is -0.720. The number of hydrogen-bond donors (Lipinski definition) is 0. The van der Waals surface area contributed by atoms with E-state index in [9.17, 15) is 13.4 Å². The number of rotatable bonds is 5. The van der Waals surface area contributed by atoms with Gasteiger partial charge in [-0.1, -0.05) is 6.07 Å². The van der Waals surface area contributed by atoms with Crippen molar-refractivity contribution in [1.29, 1.82) is 0 Å². The van der Waals surface area contributed by atoms with Crippen molar-refractivity contribution in [2.45, 2.75) is 17.1 Å². The molecule has 2 aromatic carbocycles. The summed E-state index contributed by atoms with van der Waals surface area (Å²) in [5.41, 5.74) is 0.347. The number of methoxy groups -OCH3 is 1. The molecule has 0 saturated carbocycles. The van der Waals surface area contributed by atoms with Gasteiger partial charge in [0.2, 0.25) is 0 Å². The van der Waals surface area contributed by atoms with Crippen LogP contribution in [0.15, 0.2) is 53.4 Å². The van der Waals surface area contributed by atoms with E-state index in [-0.39, 0.29) is 5.78 Å². The lowest BCUT2D eigenvalue weighted by Gasteiger charge is -2.11. The molecule has 2 rings (SSSR count). The topological polar surface area (TPSA) is 43.4 Å². The Bertz CT molecular complexity index is 667. The Labute approximate surface area is 125 Å². The predicted octanol–water partition coefficient (Wildman–Crippen LogP) is 3.21. The van der Waals surface area contributed by atoms with Crippen molar-refractivity contribution in [3.8, 4) is 5.75 Å². The van der Waals surface area contributed by atoms with Crippen molar-refractivity contribution in [2.75, 3.05) is 7.11 Å². The van der Waals surface area contributed by atoms with Gasteiger partial charge in [-0.2, -0.15) is 0 Å². The van der Waals surface area contributed by atoms with Gasteiger partial charge in [-0.3, -0.25) is 9.00 Å². The first-order valence-electron chi connectivity index (χ1n) is 6.37. The Hall–Kier alpha value is -2.01. The first-order valence-corrected chi connectivity index (χ1v) is 7.58. The second-order valence-corrected chi connectivity index (χ2v) is 6.26. The largest absolute Gasteiger partial charge is 0.497 e. The third-order valence-corrected chi connectivity index (χ3v) is 4.67. The molecule has 2 atom stereocenters. The van der Waals surface area contributed by atoms with Gasteiger partial charge >= 0.3 is 0 Å². The number of benzene rings is 2. The van der Waals surface area contributed by atoms with Crippen LogP contribution in [0, 0.1) is 5.82 Å². The van der Waals surface area contributed by atoms with E-state index < -0.39 is 21.9 Å². The van der Waals surface area contributed by atoms with Gasteiger partial charge in [0.1, 0.15) is 11.6 Å². The minimum absolute atomic E-state index is 0.281. The highest BCUT2D eigenvalue weighted by Crippen LogP contribution is 2.20. The van der Waals surface area contributed by atoms with Crippen LogP contribution in [0.2, 0.25) is 0 Å². The van der Waals surface area contributed by atoms with Crippen LogP contribution in [-0.4, -0.2) is 22.4 Å². The molecular weight excluding hydrogens is 291 g/mol. The van der Waals surface area contributed by atoms with E-state index in [4.69, 9.17) is 4.74 Å². The zero-order chi connectivity index (χ0) is 15.4. The average molecular weight is 306 g/mol. The van der Waals surface area contributed by atoms with E-state index in [2.05, 4.69) is 0 Å². The summed E-state index contributed by atoms with van der Waals surface area (Å²) in [6.07, 6.45) is 0. The molecule has 0 aromatic heterocycles. The molecule has 0 radical (unpaired) electrons. The molecule has 0 aliphatic heterocycles. The van der Waals surface area contributed by atoms with Gasteiger partial charge in [-0.05, 0) is 49.4 Å². The number of carbonyl (C=O) groups excluding carboxylic acids is 1. The monoisotopic (exact) mass is 306 g/mol.